The summed E-state index contributed by atoms with van der Waals surface area (Å²) in [7, 11) is 0. The lowest BCUT2D eigenvalue weighted by Gasteiger charge is -2.33. The molecule has 1 aliphatic heterocycles. The molecule has 2 N–H and O–H groups in total. The van der Waals surface area contributed by atoms with Gasteiger partial charge in [0.05, 0.1) is 13.1 Å². The van der Waals surface area contributed by atoms with Crippen LogP contribution in [0.5, 0.6) is 0 Å². The number of amides is 2. The van der Waals surface area contributed by atoms with Crippen LogP contribution in [0.4, 0.5) is 5.69 Å². The smallest absolute Gasteiger partial charge is 0.238 e. The number of rotatable bonds is 9. The molecule has 0 unspecified atom stereocenters. The van der Waals surface area contributed by atoms with E-state index in [0.717, 1.165) is 43.9 Å². The van der Waals surface area contributed by atoms with Gasteiger partial charge in [0.25, 0.3) is 0 Å². The second-order valence-corrected chi connectivity index (χ2v) is 8.23. The summed E-state index contributed by atoms with van der Waals surface area (Å²) in [5, 5.41) is 6.09. The van der Waals surface area contributed by atoms with Gasteiger partial charge in [0, 0.05) is 38.4 Å². The summed E-state index contributed by atoms with van der Waals surface area (Å²) in [4.78, 5) is 29.1. The van der Waals surface area contributed by atoms with Crippen molar-refractivity contribution in [1.29, 1.82) is 0 Å². The van der Waals surface area contributed by atoms with Crippen molar-refractivity contribution < 1.29 is 9.59 Å². The Morgan fingerprint density at radius 2 is 1.45 bits per heavy atom. The summed E-state index contributed by atoms with van der Waals surface area (Å²) < 4.78 is 0. The lowest BCUT2D eigenvalue weighted by molar-refractivity contribution is -0.123. The molecule has 2 amide bonds. The van der Waals surface area contributed by atoms with E-state index in [1.807, 2.05) is 42.5 Å². The van der Waals surface area contributed by atoms with Crippen LogP contribution in [0.25, 0.3) is 0 Å². The van der Waals surface area contributed by atoms with Crippen LogP contribution in [0.1, 0.15) is 30.9 Å². The maximum absolute atomic E-state index is 12.4. The number of para-hydroxylation sites is 1. The highest BCUT2D eigenvalue weighted by atomic mass is 16.2. The second-order valence-electron chi connectivity index (χ2n) is 8.23. The van der Waals surface area contributed by atoms with E-state index in [4.69, 9.17) is 0 Å². The number of hydrogen-bond donors (Lipinski definition) is 2. The minimum Gasteiger partial charge on any atom is -0.354 e. The SMILES string of the molecule is CCc1ccccc1NC(=O)CN1CCN(CC(=O)NC[C@H](C)c2ccccc2)CC1. The average molecular weight is 423 g/mol. The molecule has 3 rings (SSSR count). The van der Waals surface area contributed by atoms with Crippen LogP contribution in [0.15, 0.2) is 54.6 Å². The molecule has 2 aromatic carbocycles. The summed E-state index contributed by atoms with van der Waals surface area (Å²) in [6.45, 7) is 8.80. The Morgan fingerprint density at radius 3 is 2.10 bits per heavy atom. The second kappa shape index (κ2) is 11.6. The van der Waals surface area contributed by atoms with Gasteiger partial charge in [0.1, 0.15) is 0 Å². The predicted octanol–water partition coefficient (Wildman–Crippen LogP) is 2.73. The minimum absolute atomic E-state index is 0.0157. The van der Waals surface area contributed by atoms with E-state index < -0.39 is 0 Å². The first-order valence-electron chi connectivity index (χ1n) is 11.2. The first kappa shape index (κ1) is 23.0. The van der Waals surface area contributed by atoms with Crippen LogP contribution >= 0.6 is 0 Å². The van der Waals surface area contributed by atoms with E-state index in [-0.39, 0.29) is 11.8 Å². The Balaban J connectivity index is 1.35. The molecule has 0 spiro atoms. The fourth-order valence-corrected chi connectivity index (χ4v) is 3.87. The highest BCUT2D eigenvalue weighted by Gasteiger charge is 2.21. The molecule has 166 valence electrons. The molecule has 1 atom stereocenters. The fraction of sp³-hybridized carbons (Fsp3) is 0.440. The standard InChI is InChI=1S/C25H34N4O2/c1-3-21-9-7-8-12-23(21)27-25(31)19-29-15-13-28(14-16-29)18-24(30)26-17-20(2)22-10-5-4-6-11-22/h4-12,20H,3,13-19H2,1-2H3,(H,26,30)(H,27,31)/t20-/m0/s1. The van der Waals surface area contributed by atoms with Crippen molar-refractivity contribution in [3.8, 4) is 0 Å². The highest BCUT2D eigenvalue weighted by Crippen LogP contribution is 2.15. The van der Waals surface area contributed by atoms with Crippen molar-refractivity contribution in [3.63, 3.8) is 0 Å². The Bertz CT molecular complexity index is 848. The molecule has 1 aliphatic rings. The molecule has 1 saturated heterocycles. The van der Waals surface area contributed by atoms with Crippen molar-refractivity contribution in [2.45, 2.75) is 26.2 Å². The van der Waals surface area contributed by atoms with Gasteiger partial charge in [0.15, 0.2) is 0 Å². The number of nitrogens with zero attached hydrogens (tertiary/aromatic N) is 2. The minimum atomic E-state index is 0.0157. The van der Waals surface area contributed by atoms with E-state index in [2.05, 4.69) is 46.4 Å². The number of carbonyl (C=O) groups is 2. The summed E-state index contributed by atoms with van der Waals surface area (Å²) in [5.74, 6) is 0.366. The molecule has 2 aromatic rings. The fourth-order valence-electron chi connectivity index (χ4n) is 3.87. The van der Waals surface area contributed by atoms with Crippen molar-refractivity contribution in [2.75, 3.05) is 51.1 Å². The Kier molecular flexibility index (Phi) is 8.62. The van der Waals surface area contributed by atoms with Crippen molar-refractivity contribution >= 4 is 17.5 Å². The van der Waals surface area contributed by atoms with Gasteiger partial charge in [-0.25, -0.2) is 0 Å². The quantitative estimate of drug-likeness (QED) is 0.652. The summed E-state index contributed by atoms with van der Waals surface area (Å²) in [6, 6.07) is 18.2. The molecule has 0 bridgehead atoms. The molecule has 6 heteroatoms. The molecule has 1 heterocycles. The lowest BCUT2D eigenvalue weighted by atomic mass is 10.0. The average Bonchev–Trinajstić information content (AvgIpc) is 2.79. The topological polar surface area (TPSA) is 64.7 Å². The third-order valence-electron chi connectivity index (χ3n) is 5.85. The molecular formula is C25H34N4O2. The van der Waals surface area contributed by atoms with E-state index in [1.54, 1.807) is 0 Å². The lowest BCUT2D eigenvalue weighted by Crippen LogP contribution is -2.51. The van der Waals surface area contributed by atoms with Crippen molar-refractivity contribution in [3.05, 3.63) is 65.7 Å². The maximum Gasteiger partial charge on any atom is 0.238 e. The summed E-state index contributed by atoms with van der Waals surface area (Å²) >= 11 is 0. The maximum atomic E-state index is 12.4. The Hall–Kier alpha value is -2.70. The first-order valence-corrected chi connectivity index (χ1v) is 11.2. The van der Waals surface area contributed by atoms with E-state index >= 15 is 0 Å². The van der Waals surface area contributed by atoms with Crippen molar-refractivity contribution in [2.24, 2.45) is 0 Å². The third kappa shape index (κ3) is 7.19. The monoisotopic (exact) mass is 422 g/mol. The van der Waals surface area contributed by atoms with Crippen LogP contribution in [-0.4, -0.2) is 67.4 Å². The molecule has 0 saturated carbocycles. The molecule has 31 heavy (non-hydrogen) atoms. The van der Waals surface area contributed by atoms with Crippen LogP contribution in [0.3, 0.4) is 0 Å². The van der Waals surface area contributed by atoms with Gasteiger partial charge in [-0.15, -0.1) is 0 Å². The normalized spacial score (nSPS) is 15.9. The zero-order chi connectivity index (χ0) is 22.1. The van der Waals surface area contributed by atoms with Gasteiger partial charge < -0.3 is 10.6 Å². The zero-order valence-electron chi connectivity index (χ0n) is 18.6. The Morgan fingerprint density at radius 1 is 0.871 bits per heavy atom. The van der Waals surface area contributed by atoms with Gasteiger partial charge in [-0.2, -0.15) is 0 Å². The van der Waals surface area contributed by atoms with E-state index in [0.29, 0.717) is 25.6 Å². The largest absolute Gasteiger partial charge is 0.354 e. The number of anilines is 1. The number of aryl methyl sites for hydroxylation is 1. The number of benzene rings is 2. The van der Waals surface area contributed by atoms with Gasteiger partial charge in [-0.3, -0.25) is 19.4 Å². The molecule has 0 aliphatic carbocycles. The summed E-state index contributed by atoms with van der Waals surface area (Å²) in [5.41, 5.74) is 3.28. The molecule has 0 aromatic heterocycles. The summed E-state index contributed by atoms with van der Waals surface area (Å²) in [6.07, 6.45) is 0.890. The Labute approximate surface area is 185 Å². The first-order chi connectivity index (χ1) is 15.0. The molecular weight excluding hydrogens is 388 g/mol. The number of piperazine rings is 1. The van der Waals surface area contributed by atoms with Gasteiger partial charge >= 0.3 is 0 Å². The molecule has 6 nitrogen and oxygen atoms in total. The molecule has 1 fully saturated rings. The van der Waals surface area contributed by atoms with E-state index in [1.165, 1.54) is 5.56 Å². The predicted molar refractivity (Wildman–Crippen MR) is 125 cm³/mol. The van der Waals surface area contributed by atoms with Crippen LogP contribution < -0.4 is 10.6 Å². The van der Waals surface area contributed by atoms with Gasteiger partial charge in [-0.05, 0) is 29.5 Å². The highest BCUT2D eigenvalue weighted by molar-refractivity contribution is 5.93. The zero-order valence-corrected chi connectivity index (χ0v) is 18.6. The third-order valence-corrected chi connectivity index (χ3v) is 5.85. The van der Waals surface area contributed by atoms with Gasteiger partial charge in [0.2, 0.25) is 11.8 Å². The van der Waals surface area contributed by atoms with Crippen LogP contribution in [-0.2, 0) is 16.0 Å². The number of carbonyl (C=O) groups excluding carboxylic acids is 2. The van der Waals surface area contributed by atoms with Crippen LogP contribution in [0.2, 0.25) is 0 Å². The van der Waals surface area contributed by atoms with E-state index in [9.17, 15) is 9.59 Å². The van der Waals surface area contributed by atoms with Crippen molar-refractivity contribution in [1.82, 2.24) is 15.1 Å². The van der Waals surface area contributed by atoms with Gasteiger partial charge in [-0.1, -0.05) is 62.4 Å². The number of hydrogen-bond acceptors (Lipinski definition) is 4. The van der Waals surface area contributed by atoms with Crippen LogP contribution in [0, 0.1) is 0 Å². The number of nitrogens with one attached hydrogen (secondary N) is 2. The molecule has 0 radical (unpaired) electrons.